The summed E-state index contributed by atoms with van der Waals surface area (Å²) >= 11 is 0. The first-order valence-electron chi connectivity index (χ1n) is 7.26. The highest BCUT2D eigenvalue weighted by atomic mass is 33.1. The minimum Gasteiger partial charge on any atom is -0.461 e. The first-order chi connectivity index (χ1) is 10.1. The first-order valence-corrected chi connectivity index (χ1v) is 9.64. The van der Waals surface area contributed by atoms with Gasteiger partial charge in [0, 0.05) is 22.9 Å². The molecule has 2 aliphatic heterocycles. The van der Waals surface area contributed by atoms with Gasteiger partial charge in [-0.1, -0.05) is 58.8 Å². The van der Waals surface area contributed by atoms with Crippen molar-refractivity contribution in [1.29, 1.82) is 0 Å². The second-order valence-corrected chi connectivity index (χ2v) is 8.37. The van der Waals surface area contributed by atoms with Gasteiger partial charge >= 0.3 is 5.97 Å². The van der Waals surface area contributed by atoms with Gasteiger partial charge in [-0.2, -0.15) is 0 Å². The summed E-state index contributed by atoms with van der Waals surface area (Å²) in [5.41, 5.74) is 0.678. The van der Waals surface area contributed by atoms with Gasteiger partial charge in [0.05, 0.1) is 12.0 Å². The summed E-state index contributed by atoms with van der Waals surface area (Å²) in [7, 11) is 5.83. The van der Waals surface area contributed by atoms with E-state index in [0.717, 1.165) is 11.3 Å². The zero-order chi connectivity index (χ0) is 14.9. The van der Waals surface area contributed by atoms with Crippen LogP contribution in [0.3, 0.4) is 0 Å². The van der Waals surface area contributed by atoms with E-state index in [9.17, 15) is 4.79 Å². The predicted octanol–water partition coefficient (Wildman–Crippen LogP) is 2.25. The molecule has 2 heterocycles. The SMILES string of the molecule is B[C@@H]1O[C@@]2(CC(=O)OCc3ccccc3)CSS[C@H]1C2C. The molecule has 2 bridgehead atoms. The van der Waals surface area contributed by atoms with Gasteiger partial charge in [0.15, 0.2) is 0 Å². The number of ether oxygens (including phenoxy) is 2. The molecule has 0 aliphatic carbocycles. The number of hydrogen-bond donors (Lipinski definition) is 0. The van der Waals surface area contributed by atoms with Crippen LogP contribution in [0.1, 0.15) is 18.9 Å². The van der Waals surface area contributed by atoms with Crippen LogP contribution in [-0.4, -0.2) is 36.4 Å². The molecule has 1 unspecified atom stereocenters. The van der Waals surface area contributed by atoms with Crippen molar-refractivity contribution in [2.75, 3.05) is 5.75 Å². The second-order valence-electron chi connectivity index (χ2n) is 5.82. The third-order valence-electron chi connectivity index (χ3n) is 4.37. The summed E-state index contributed by atoms with van der Waals surface area (Å²) in [4.78, 5) is 12.2. The molecule has 0 radical (unpaired) electrons. The van der Waals surface area contributed by atoms with Crippen LogP contribution >= 0.6 is 21.6 Å². The Hall–Kier alpha value is -0.585. The lowest BCUT2D eigenvalue weighted by Crippen LogP contribution is -2.42. The molecule has 3 rings (SSSR count). The molecule has 112 valence electrons. The Bertz CT molecular complexity index is 513. The van der Waals surface area contributed by atoms with Gasteiger partial charge in [-0.05, 0) is 5.56 Å². The van der Waals surface area contributed by atoms with E-state index in [0.29, 0.717) is 24.2 Å². The van der Waals surface area contributed by atoms with Crippen molar-refractivity contribution in [3.63, 3.8) is 0 Å². The van der Waals surface area contributed by atoms with Crippen molar-refractivity contribution in [3.05, 3.63) is 35.9 Å². The zero-order valence-corrected chi connectivity index (χ0v) is 13.9. The lowest BCUT2D eigenvalue weighted by molar-refractivity contribution is -0.151. The normalized spacial score (nSPS) is 34.6. The molecule has 4 atom stereocenters. The largest absolute Gasteiger partial charge is 0.461 e. The first kappa shape index (κ1) is 15.3. The lowest BCUT2D eigenvalue weighted by atomic mass is 9.84. The van der Waals surface area contributed by atoms with Gasteiger partial charge in [0.25, 0.3) is 0 Å². The van der Waals surface area contributed by atoms with Crippen LogP contribution in [0.5, 0.6) is 0 Å². The van der Waals surface area contributed by atoms with Crippen LogP contribution in [0.15, 0.2) is 30.3 Å². The molecule has 0 aromatic heterocycles. The Morgan fingerprint density at radius 3 is 3.00 bits per heavy atom. The van der Waals surface area contributed by atoms with Crippen LogP contribution in [-0.2, 0) is 20.9 Å². The van der Waals surface area contributed by atoms with E-state index >= 15 is 0 Å². The summed E-state index contributed by atoms with van der Waals surface area (Å²) in [6, 6.07) is 9.99. The molecule has 0 amide bonds. The van der Waals surface area contributed by atoms with Gasteiger partial charge < -0.3 is 9.47 Å². The molecule has 21 heavy (non-hydrogen) atoms. The average molecular weight is 322 g/mol. The number of fused-ring (bicyclic) bond motifs is 2. The molecule has 2 fully saturated rings. The highest BCUT2D eigenvalue weighted by Gasteiger charge is 2.55. The monoisotopic (exact) mass is 322 g/mol. The maximum Gasteiger partial charge on any atom is 0.309 e. The van der Waals surface area contributed by atoms with Gasteiger partial charge in [-0.15, -0.1) is 0 Å². The maximum atomic E-state index is 12.2. The molecule has 3 nitrogen and oxygen atoms in total. The highest BCUT2D eigenvalue weighted by molar-refractivity contribution is 8.77. The summed E-state index contributed by atoms with van der Waals surface area (Å²) in [6.45, 7) is 2.54. The Morgan fingerprint density at radius 2 is 2.24 bits per heavy atom. The van der Waals surface area contributed by atoms with Crippen LogP contribution in [0.25, 0.3) is 0 Å². The molecular formula is C15H19BO3S2. The number of rotatable bonds is 4. The lowest BCUT2D eigenvalue weighted by Gasteiger charge is -2.35. The van der Waals surface area contributed by atoms with Crippen molar-refractivity contribution in [2.45, 2.75) is 36.8 Å². The van der Waals surface area contributed by atoms with E-state index in [4.69, 9.17) is 9.47 Å². The topological polar surface area (TPSA) is 35.5 Å². The highest BCUT2D eigenvalue weighted by Crippen LogP contribution is 2.54. The van der Waals surface area contributed by atoms with E-state index in [-0.39, 0.29) is 17.6 Å². The molecule has 0 saturated carbocycles. The minimum atomic E-state index is -0.340. The molecule has 0 spiro atoms. The third kappa shape index (κ3) is 3.12. The number of hydrogen-bond acceptors (Lipinski definition) is 5. The molecule has 2 saturated heterocycles. The average Bonchev–Trinajstić information content (AvgIpc) is 2.62. The quantitative estimate of drug-likeness (QED) is 0.483. The molecule has 1 aromatic rings. The van der Waals surface area contributed by atoms with Gasteiger partial charge in [-0.3, -0.25) is 4.79 Å². The van der Waals surface area contributed by atoms with Crippen LogP contribution in [0.2, 0.25) is 0 Å². The van der Waals surface area contributed by atoms with E-state index in [1.807, 2.05) is 51.9 Å². The fraction of sp³-hybridized carbons (Fsp3) is 0.533. The van der Waals surface area contributed by atoms with E-state index in [1.165, 1.54) is 0 Å². The second kappa shape index (κ2) is 6.27. The number of esters is 1. The summed E-state index contributed by atoms with van der Waals surface area (Å²) < 4.78 is 11.6. The summed E-state index contributed by atoms with van der Waals surface area (Å²) in [5, 5.41) is 0.477. The zero-order valence-electron chi connectivity index (χ0n) is 12.3. The molecule has 1 aromatic carbocycles. The van der Waals surface area contributed by atoms with Crippen molar-refractivity contribution < 1.29 is 14.3 Å². The number of carbonyl (C=O) groups is 1. The molecule has 0 N–H and O–H groups in total. The Labute approximate surface area is 134 Å². The van der Waals surface area contributed by atoms with Gasteiger partial charge in [0.2, 0.25) is 0 Å². The third-order valence-corrected chi connectivity index (χ3v) is 7.56. The van der Waals surface area contributed by atoms with Crippen LogP contribution in [0.4, 0.5) is 0 Å². The minimum absolute atomic E-state index is 0.161. The Morgan fingerprint density at radius 1 is 1.48 bits per heavy atom. The molecular weight excluding hydrogens is 303 g/mol. The van der Waals surface area contributed by atoms with E-state index in [1.54, 1.807) is 0 Å². The van der Waals surface area contributed by atoms with Crippen molar-refractivity contribution >= 4 is 35.4 Å². The molecule has 6 heteroatoms. The summed E-state index contributed by atoms with van der Waals surface area (Å²) in [6.07, 6.45) is 0.357. The Balaban J connectivity index is 1.59. The van der Waals surface area contributed by atoms with Crippen molar-refractivity contribution in [1.82, 2.24) is 0 Å². The standard InChI is InChI=1S/C15H19BO3S2/c1-10-13-14(16)19-15(10,9-20-21-13)7-12(17)18-8-11-5-3-2-4-6-11/h2-6,10,13-14H,7-9,16H2,1H3/t10?,13-,14+,15-/m0/s1. The predicted molar refractivity (Wildman–Crippen MR) is 90.0 cm³/mol. The van der Waals surface area contributed by atoms with Crippen molar-refractivity contribution in [2.24, 2.45) is 5.92 Å². The van der Waals surface area contributed by atoms with Crippen LogP contribution in [0, 0.1) is 5.92 Å². The summed E-state index contributed by atoms with van der Waals surface area (Å²) in [5.74, 6) is 1.09. The van der Waals surface area contributed by atoms with E-state index < -0.39 is 0 Å². The Kier molecular flexibility index (Phi) is 4.57. The van der Waals surface area contributed by atoms with Gasteiger partial charge in [0.1, 0.15) is 14.5 Å². The number of benzene rings is 1. The fourth-order valence-corrected chi connectivity index (χ4v) is 6.80. The number of carbonyl (C=O) groups excluding carboxylic acids is 1. The maximum absolute atomic E-state index is 12.2. The van der Waals surface area contributed by atoms with Crippen LogP contribution < -0.4 is 0 Å². The fourth-order valence-electron chi connectivity index (χ4n) is 3.08. The smallest absolute Gasteiger partial charge is 0.309 e. The molecule has 2 aliphatic rings. The van der Waals surface area contributed by atoms with E-state index in [2.05, 4.69) is 14.8 Å². The van der Waals surface area contributed by atoms with Crippen molar-refractivity contribution in [3.8, 4) is 0 Å². The van der Waals surface area contributed by atoms with Gasteiger partial charge in [-0.25, -0.2) is 0 Å².